The van der Waals surface area contributed by atoms with Crippen LogP contribution in [0.2, 0.25) is 5.02 Å². The van der Waals surface area contributed by atoms with E-state index in [2.05, 4.69) is 4.99 Å². The second kappa shape index (κ2) is 8.50. The largest absolute Gasteiger partial charge is 0.465 e. The topological polar surface area (TPSA) is 60.7 Å². The normalized spacial score (nSPS) is 11.7. The maximum atomic E-state index is 12.5. The van der Waals surface area contributed by atoms with Crippen molar-refractivity contribution in [2.75, 3.05) is 6.61 Å². The van der Waals surface area contributed by atoms with Gasteiger partial charge in [0.15, 0.2) is 4.80 Å². The van der Waals surface area contributed by atoms with Gasteiger partial charge >= 0.3 is 5.97 Å². The number of fused-ring (bicyclic) bond motifs is 1. The maximum Gasteiger partial charge on any atom is 0.326 e. The van der Waals surface area contributed by atoms with Gasteiger partial charge in [-0.15, -0.1) is 0 Å². The second-order valence-corrected chi connectivity index (χ2v) is 7.38. The van der Waals surface area contributed by atoms with Crippen molar-refractivity contribution in [3.05, 3.63) is 63.4 Å². The Balaban J connectivity index is 2.06. The number of carbonyl (C=O) groups is 2. The Kier molecular flexibility index (Phi) is 6.08. The first-order valence-corrected chi connectivity index (χ1v) is 9.74. The van der Waals surface area contributed by atoms with Gasteiger partial charge in [-0.25, -0.2) is 0 Å². The fourth-order valence-electron chi connectivity index (χ4n) is 2.80. The highest BCUT2D eigenvalue weighted by Crippen LogP contribution is 2.27. The molecular formula is C20H19ClN2O3S. The minimum absolute atomic E-state index is 0.0214. The van der Waals surface area contributed by atoms with Gasteiger partial charge in [0.2, 0.25) is 0 Å². The summed E-state index contributed by atoms with van der Waals surface area (Å²) < 4.78 is 7.70. The number of aromatic nitrogens is 1. The van der Waals surface area contributed by atoms with E-state index in [1.165, 1.54) is 11.3 Å². The zero-order valence-electron chi connectivity index (χ0n) is 15.1. The third-order valence-electron chi connectivity index (χ3n) is 4.04. The molecular weight excluding hydrogens is 384 g/mol. The number of rotatable bonds is 5. The molecule has 0 fully saturated rings. The van der Waals surface area contributed by atoms with Crippen LogP contribution in [-0.4, -0.2) is 23.1 Å². The quantitative estimate of drug-likeness (QED) is 0.608. The number of ether oxygens (including phenoxy) is 1. The Bertz CT molecular complexity index is 1050. The molecule has 1 heterocycles. The molecule has 0 aliphatic carbocycles. The molecule has 0 saturated heterocycles. The third-order valence-corrected chi connectivity index (χ3v) is 5.49. The van der Waals surface area contributed by atoms with E-state index >= 15 is 0 Å². The van der Waals surface area contributed by atoms with Gasteiger partial charge in [0.1, 0.15) is 6.54 Å². The van der Waals surface area contributed by atoms with Crippen LogP contribution >= 0.6 is 22.9 Å². The molecule has 3 aromatic rings. The first-order valence-electron chi connectivity index (χ1n) is 8.55. The molecule has 0 bridgehead atoms. The van der Waals surface area contributed by atoms with Crippen molar-refractivity contribution in [2.24, 2.45) is 4.99 Å². The molecule has 0 aliphatic heterocycles. The molecule has 0 unspecified atom stereocenters. The zero-order valence-corrected chi connectivity index (χ0v) is 16.6. The number of nitrogens with zero attached hydrogens (tertiary/aromatic N) is 2. The summed E-state index contributed by atoms with van der Waals surface area (Å²) in [6, 6.07) is 13.1. The van der Waals surface area contributed by atoms with E-state index in [0.717, 1.165) is 21.3 Å². The van der Waals surface area contributed by atoms with Gasteiger partial charge in [-0.2, -0.15) is 4.99 Å². The zero-order chi connectivity index (χ0) is 19.4. The van der Waals surface area contributed by atoms with Gasteiger partial charge in [0.05, 0.1) is 23.2 Å². The predicted octanol–water partition coefficient (Wildman–Crippen LogP) is 3.90. The van der Waals surface area contributed by atoms with Crippen LogP contribution in [0.1, 0.15) is 18.1 Å². The molecule has 0 atom stereocenters. The lowest BCUT2D eigenvalue weighted by Crippen LogP contribution is -2.23. The Morgan fingerprint density at radius 1 is 1.19 bits per heavy atom. The smallest absolute Gasteiger partial charge is 0.326 e. The highest BCUT2D eigenvalue weighted by molar-refractivity contribution is 7.16. The van der Waals surface area contributed by atoms with Crippen molar-refractivity contribution < 1.29 is 14.3 Å². The van der Waals surface area contributed by atoms with E-state index in [1.54, 1.807) is 17.6 Å². The van der Waals surface area contributed by atoms with E-state index in [4.69, 9.17) is 16.3 Å². The van der Waals surface area contributed by atoms with Gasteiger partial charge in [-0.3, -0.25) is 9.59 Å². The van der Waals surface area contributed by atoms with Crippen LogP contribution in [0.3, 0.4) is 0 Å². The van der Waals surface area contributed by atoms with Gasteiger partial charge in [0, 0.05) is 5.02 Å². The van der Waals surface area contributed by atoms with Crippen molar-refractivity contribution in [3.8, 4) is 0 Å². The molecule has 1 amide bonds. The summed E-state index contributed by atoms with van der Waals surface area (Å²) in [7, 11) is 0. The van der Waals surface area contributed by atoms with Crippen LogP contribution < -0.4 is 4.80 Å². The number of hydrogen-bond donors (Lipinski definition) is 0. The fraction of sp³-hybridized carbons (Fsp3) is 0.250. The van der Waals surface area contributed by atoms with Crippen LogP contribution in [0.25, 0.3) is 10.2 Å². The van der Waals surface area contributed by atoms with Crippen LogP contribution in [0.15, 0.2) is 47.5 Å². The molecule has 140 valence electrons. The van der Waals surface area contributed by atoms with E-state index in [0.29, 0.717) is 16.4 Å². The number of benzene rings is 2. The number of carbonyl (C=O) groups excluding carboxylic acids is 2. The highest BCUT2D eigenvalue weighted by Gasteiger charge is 2.15. The van der Waals surface area contributed by atoms with E-state index in [-0.39, 0.29) is 24.8 Å². The number of amides is 1. The van der Waals surface area contributed by atoms with Crippen molar-refractivity contribution in [3.63, 3.8) is 0 Å². The molecule has 1 aromatic heterocycles. The van der Waals surface area contributed by atoms with Gasteiger partial charge in [0.25, 0.3) is 5.91 Å². The average Bonchev–Trinajstić information content (AvgIpc) is 2.97. The molecule has 0 aliphatic rings. The lowest BCUT2D eigenvalue weighted by molar-refractivity contribution is -0.143. The Morgan fingerprint density at radius 3 is 2.63 bits per heavy atom. The van der Waals surface area contributed by atoms with Crippen LogP contribution in [-0.2, 0) is 27.3 Å². The lowest BCUT2D eigenvalue weighted by atomic mass is 10.1. The molecule has 5 nitrogen and oxygen atoms in total. The van der Waals surface area contributed by atoms with Gasteiger partial charge in [-0.05, 0) is 37.1 Å². The molecule has 7 heteroatoms. The first kappa shape index (κ1) is 19.3. The van der Waals surface area contributed by atoms with E-state index in [9.17, 15) is 9.59 Å². The Morgan fingerprint density at radius 2 is 1.93 bits per heavy atom. The fourth-order valence-corrected chi connectivity index (χ4v) is 4.06. The minimum Gasteiger partial charge on any atom is -0.465 e. The van der Waals surface area contributed by atoms with Gasteiger partial charge in [-0.1, -0.05) is 53.3 Å². The summed E-state index contributed by atoms with van der Waals surface area (Å²) in [6.45, 7) is 3.91. The third kappa shape index (κ3) is 4.46. The Hall–Kier alpha value is -2.44. The molecule has 0 N–H and O–H groups in total. The molecule has 0 spiro atoms. The molecule has 2 aromatic carbocycles. The van der Waals surface area contributed by atoms with E-state index in [1.807, 2.05) is 43.3 Å². The summed E-state index contributed by atoms with van der Waals surface area (Å²) in [5.41, 5.74) is 2.53. The SMILES string of the molecule is CCOC(=O)Cn1c(=NC(=O)Cc2ccccc2)sc2ccc(Cl)c(C)c21. The average molecular weight is 403 g/mol. The van der Waals surface area contributed by atoms with Crippen LogP contribution in [0.4, 0.5) is 0 Å². The van der Waals surface area contributed by atoms with Crippen molar-refractivity contribution in [2.45, 2.75) is 26.8 Å². The summed E-state index contributed by atoms with van der Waals surface area (Å²) in [5.74, 6) is -0.650. The molecule has 3 rings (SSSR count). The molecule has 0 saturated carbocycles. The number of aryl methyl sites for hydroxylation is 1. The predicted molar refractivity (Wildman–Crippen MR) is 107 cm³/mol. The van der Waals surface area contributed by atoms with Crippen molar-refractivity contribution in [1.29, 1.82) is 0 Å². The minimum atomic E-state index is -0.381. The number of esters is 1. The Labute approximate surface area is 165 Å². The number of halogens is 1. The first-order chi connectivity index (χ1) is 13.0. The summed E-state index contributed by atoms with van der Waals surface area (Å²) in [6.07, 6.45) is 0.203. The monoisotopic (exact) mass is 402 g/mol. The van der Waals surface area contributed by atoms with Crippen molar-refractivity contribution >= 4 is 45.0 Å². The number of hydrogen-bond acceptors (Lipinski definition) is 4. The second-order valence-electron chi connectivity index (χ2n) is 5.96. The van der Waals surface area contributed by atoms with Crippen molar-refractivity contribution in [1.82, 2.24) is 4.57 Å². The summed E-state index contributed by atoms with van der Waals surface area (Å²) >= 11 is 7.61. The highest BCUT2D eigenvalue weighted by atomic mass is 35.5. The van der Waals surface area contributed by atoms with Crippen LogP contribution in [0.5, 0.6) is 0 Å². The summed E-state index contributed by atoms with van der Waals surface area (Å²) in [5, 5.41) is 0.597. The maximum absolute atomic E-state index is 12.5. The standard InChI is InChI=1S/C20H19ClN2O3S/c1-3-26-18(25)12-23-19-13(2)15(21)9-10-16(19)27-20(23)22-17(24)11-14-7-5-4-6-8-14/h4-10H,3,11-12H2,1-2H3. The van der Waals surface area contributed by atoms with E-state index < -0.39 is 0 Å². The number of thiazole rings is 1. The summed E-state index contributed by atoms with van der Waals surface area (Å²) in [4.78, 5) is 29.3. The van der Waals surface area contributed by atoms with Gasteiger partial charge < -0.3 is 9.30 Å². The molecule has 0 radical (unpaired) electrons. The van der Waals surface area contributed by atoms with Crippen LogP contribution in [0, 0.1) is 6.92 Å². The lowest BCUT2D eigenvalue weighted by Gasteiger charge is -2.08. The molecule has 27 heavy (non-hydrogen) atoms.